The van der Waals surface area contributed by atoms with Gasteiger partial charge >= 0.3 is 0 Å². The number of aromatic nitrogens is 1. The first-order valence-corrected chi connectivity index (χ1v) is 7.27. The average molecular weight is 275 g/mol. The zero-order valence-corrected chi connectivity index (χ0v) is 11.1. The van der Waals surface area contributed by atoms with Gasteiger partial charge in [0.15, 0.2) is 0 Å². The molecule has 2 unspecified atom stereocenters. The lowest BCUT2D eigenvalue weighted by Gasteiger charge is -2.38. The van der Waals surface area contributed by atoms with Gasteiger partial charge in [0.05, 0.1) is 11.9 Å². The fraction of sp³-hybridized carbons (Fsp3) is 0.625. The Balaban J connectivity index is 0.00000147. The summed E-state index contributed by atoms with van der Waals surface area (Å²) in [5.74, 6) is 1.82. The molecule has 2 atom stereocenters. The maximum Gasteiger partial charge on any atom is 0.243 e. The molecule has 3 rings (SSSR count). The number of carbonyl (C=O) groups is 1. The van der Waals surface area contributed by atoms with Crippen LogP contribution in [-0.4, -0.2) is 17.1 Å². The van der Waals surface area contributed by atoms with E-state index in [2.05, 4.69) is 15.5 Å². The second-order valence-corrected chi connectivity index (χ2v) is 5.93. The maximum atomic E-state index is 12.1. The normalized spacial score (nSPS) is 28.9. The van der Waals surface area contributed by atoms with Crippen LogP contribution in [0.2, 0.25) is 0 Å². The van der Waals surface area contributed by atoms with Crippen LogP contribution in [0.4, 0.5) is 0 Å². The summed E-state index contributed by atoms with van der Waals surface area (Å²) < 4.78 is 0. The molecule has 2 saturated carbocycles. The predicted molar refractivity (Wildman–Crippen MR) is 81.4 cm³/mol. The van der Waals surface area contributed by atoms with Crippen molar-refractivity contribution in [3.63, 3.8) is 0 Å². The molecular formula is C16H25N3O. The molecule has 2 bridgehead atoms. The maximum absolute atomic E-state index is 12.1. The molecule has 0 spiro atoms. The summed E-state index contributed by atoms with van der Waals surface area (Å²) in [5, 5.41) is 4.03. The molecule has 1 amide bonds. The molecule has 110 valence electrons. The predicted octanol–water partition coefficient (Wildman–Crippen LogP) is 3.32. The van der Waals surface area contributed by atoms with Gasteiger partial charge in [-0.2, -0.15) is 5.10 Å². The largest absolute Gasteiger partial charge is 0.360 e. The van der Waals surface area contributed by atoms with Gasteiger partial charge in [0.2, 0.25) is 5.91 Å². The molecule has 4 heteroatoms. The van der Waals surface area contributed by atoms with Crippen molar-refractivity contribution < 1.29 is 4.79 Å². The van der Waals surface area contributed by atoms with E-state index in [9.17, 15) is 4.79 Å². The number of rotatable bonds is 3. The number of hydrazone groups is 1. The molecule has 4 nitrogen and oxygen atoms in total. The first-order chi connectivity index (χ1) is 9.31. The summed E-state index contributed by atoms with van der Waals surface area (Å²) >= 11 is 0. The Morgan fingerprint density at radius 1 is 1.30 bits per heavy atom. The minimum absolute atomic E-state index is 0. The molecule has 2 aliphatic carbocycles. The van der Waals surface area contributed by atoms with Crippen LogP contribution in [0, 0.1) is 17.8 Å². The number of amides is 1. The second kappa shape index (κ2) is 6.73. The van der Waals surface area contributed by atoms with E-state index in [1.54, 1.807) is 6.21 Å². The zero-order chi connectivity index (χ0) is 13.1. The van der Waals surface area contributed by atoms with Gasteiger partial charge in [-0.1, -0.05) is 26.7 Å². The Labute approximate surface area is 121 Å². The number of fused-ring (bicyclic) bond motifs is 2. The molecule has 2 aliphatic rings. The van der Waals surface area contributed by atoms with Crippen LogP contribution in [-0.2, 0) is 4.79 Å². The van der Waals surface area contributed by atoms with Crippen molar-refractivity contribution in [1.82, 2.24) is 10.4 Å². The first kappa shape index (κ1) is 14.8. The molecule has 20 heavy (non-hydrogen) atoms. The third-order valence-corrected chi connectivity index (χ3v) is 4.50. The molecule has 0 saturated heterocycles. The third kappa shape index (κ3) is 3.50. The highest BCUT2D eigenvalue weighted by atomic mass is 16.2. The molecule has 0 aromatic carbocycles. The van der Waals surface area contributed by atoms with Crippen LogP contribution in [0.25, 0.3) is 0 Å². The van der Waals surface area contributed by atoms with Gasteiger partial charge in [0.25, 0.3) is 0 Å². The SMILES string of the molecule is C.O=C(NN=Cc1ccc[nH]1)C1CC2CCCC(C2)C1. The van der Waals surface area contributed by atoms with E-state index in [1.807, 2.05) is 18.3 Å². The van der Waals surface area contributed by atoms with Crippen LogP contribution >= 0.6 is 0 Å². The van der Waals surface area contributed by atoms with Gasteiger partial charge in [-0.15, -0.1) is 0 Å². The number of H-pyrrole nitrogens is 1. The lowest BCUT2D eigenvalue weighted by molar-refractivity contribution is -0.127. The molecule has 0 radical (unpaired) electrons. The van der Waals surface area contributed by atoms with Crippen molar-refractivity contribution in [1.29, 1.82) is 0 Å². The summed E-state index contributed by atoms with van der Waals surface area (Å²) in [4.78, 5) is 15.1. The highest BCUT2D eigenvalue weighted by molar-refractivity contribution is 5.82. The summed E-state index contributed by atoms with van der Waals surface area (Å²) in [5.41, 5.74) is 3.59. The van der Waals surface area contributed by atoms with Crippen LogP contribution in [0.15, 0.2) is 23.4 Å². The number of hydrogen-bond acceptors (Lipinski definition) is 2. The van der Waals surface area contributed by atoms with Gasteiger partial charge in [0, 0.05) is 12.1 Å². The zero-order valence-electron chi connectivity index (χ0n) is 11.1. The van der Waals surface area contributed by atoms with E-state index >= 15 is 0 Å². The Bertz CT molecular complexity index is 440. The third-order valence-electron chi connectivity index (χ3n) is 4.50. The highest BCUT2D eigenvalue weighted by Crippen LogP contribution is 2.42. The fourth-order valence-electron chi connectivity index (χ4n) is 3.63. The molecule has 1 heterocycles. The summed E-state index contributed by atoms with van der Waals surface area (Å²) in [7, 11) is 0. The lowest BCUT2D eigenvalue weighted by atomic mass is 9.68. The van der Waals surface area contributed by atoms with E-state index in [0.29, 0.717) is 0 Å². The fourth-order valence-corrected chi connectivity index (χ4v) is 3.63. The van der Waals surface area contributed by atoms with E-state index in [4.69, 9.17) is 0 Å². The number of nitrogens with one attached hydrogen (secondary N) is 2. The smallest absolute Gasteiger partial charge is 0.243 e. The monoisotopic (exact) mass is 275 g/mol. The van der Waals surface area contributed by atoms with Gasteiger partial charge in [-0.05, 0) is 43.2 Å². The second-order valence-electron chi connectivity index (χ2n) is 5.93. The molecule has 0 aliphatic heterocycles. The Morgan fingerprint density at radius 3 is 2.70 bits per heavy atom. The van der Waals surface area contributed by atoms with Crippen molar-refractivity contribution >= 4 is 12.1 Å². The summed E-state index contributed by atoms with van der Waals surface area (Å²) in [6.07, 6.45) is 10.9. The topological polar surface area (TPSA) is 57.2 Å². The Kier molecular flexibility index (Phi) is 4.99. The van der Waals surface area contributed by atoms with Gasteiger partial charge in [-0.3, -0.25) is 4.79 Å². The lowest BCUT2D eigenvalue weighted by Crippen LogP contribution is -2.35. The number of aromatic amines is 1. The van der Waals surface area contributed by atoms with E-state index < -0.39 is 0 Å². The Morgan fingerprint density at radius 2 is 2.05 bits per heavy atom. The molecule has 1 aromatic rings. The minimum atomic E-state index is 0. The molecular weight excluding hydrogens is 250 g/mol. The van der Waals surface area contributed by atoms with Crippen LogP contribution in [0.1, 0.15) is 51.6 Å². The van der Waals surface area contributed by atoms with Crippen LogP contribution in [0.5, 0.6) is 0 Å². The Hall–Kier alpha value is -1.58. The van der Waals surface area contributed by atoms with Gasteiger partial charge < -0.3 is 4.98 Å². The van der Waals surface area contributed by atoms with Crippen LogP contribution < -0.4 is 5.43 Å². The molecule has 1 aromatic heterocycles. The van der Waals surface area contributed by atoms with Gasteiger partial charge in [-0.25, -0.2) is 5.43 Å². The van der Waals surface area contributed by atoms with Crippen molar-refractivity contribution in [2.24, 2.45) is 22.9 Å². The van der Waals surface area contributed by atoms with E-state index in [1.165, 1.54) is 25.7 Å². The quantitative estimate of drug-likeness (QED) is 0.645. The first-order valence-electron chi connectivity index (χ1n) is 7.27. The number of nitrogens with zero attached hydrogens (tertiary/aromatic N) is 1. The van der Waals surface area contributed by atoms with Crippen molar-refractivity contribution in [2.45, 2.75) is 46.0 Å². The van der Waals surface area contributed by atoms with Crippen molar-refractivity contribution in [2.75, 3.05) is 0 Å². The summed E-state index contributed by atoms with van der Waals surface area (Å²) in [6, 6.07) is 3.83. The standard InChI is InChI=1S/C15H21N3O.CH4/c19-15(18-17-10-14-5-2-6-16-14)13-8-11-3-1-4-12(7-11)9-13;/h2,5-6,10-13,16H,1,3-4,7-9H2,(H,18,19);1H4. The highest BCUT2D eigenvalue weighted by Gasteiger charge is 2.34. The number of carbonyl (C=O) groups excluding carboxylic acids is 1. The summed E-state index contributed by atoms with van der Waals surface area (Å²) in [6.45, 7) is 0. The van der Waals surface area contributed by atoms with Gasteiger partial charge in [0.1, 0.15) is 0 Å². The molecule has 2 N–H and O–H groups in total. The number of hydrogen-bond donors (Lipinski definition) is 2. The van der Waals surface area contributed by atoms with Crippen molar-refractivity contribution in [3.05, 3.63) is 24.0 Å². The van der Waals surface area contributed by atoms with Crippen molar-refractivity contribution in [3.8, 4) is 0 Å². The van der Waals surface area contributed by atoms with Crippen LogP contribution in [0.3, 0.4) is 0 Å². The molecule has 2 fully saturated rings. The van der Waals surface area contributed by atoms with E-state index in [-0.39, 0.29) is 19.3 Å². The minimum Gasteiger partial charge on any atom is -0.360 e. The average Bonchev–Trinajstić information content (AvgIpc) is 2.91. The van der Waals surface area contributed by atoms with E-state index in [0.717, 1.165) is 30.4 Å².